The van der Waals surface area contributed by atoms with Crippen LogP contribution in [0.5, 0.6) is 5.75 Å². The van der Waals surface area contributed by atoms with Gasteiger partial charge < -0.3 is 10.2 Å². The summed E-state index contributed by atoms with van der Waals surface area (Å²) in [5.41, 5.74) is 4.18. The van der Waals surface area contributed by atoms with Gasteiger partial charge in [0.15, 0.2) is 0 Å². The molecule has 0 aliphatic heterocycles. The van der Waals surface area contributed by atoms with Crippen molar-refractivity contribution < 1.29 is 10.2 Å². The van der Waals surface area contributed by atoms with Gasteiger partial charge in [-0.2, -0.15) is 0 Å². The predicted octanol–water partition coefficient (Wildman–Crippen LogP) is 3.52. The number of benzene rings is 1. The first-order valence-corrected chi connectivity index (χ1v) is 7.80. The lowest BCUT2D eigenvalue weighted by atomic mass is 9.60. The van der Waals surface area contributed by atoms with Gasteiger partial charge in [0, 0.05) is 5.41 Å². The summed E-state index contributed by atoms with van der Waals surface area (Å²) in [6.07, 6.45) is 7.56. The Morgan fingerprint density at radius 2 is 2.05 bits per heavy atom. The van der Waals surface area contributed by atoms with E-state index in [1.165, 1.54) is 16.7 Å². The van der Waals surface area contributed by atoms with Crippen LogP contribution in [-0.2, 0) is 6.42 Å². The van der Waals surface area contributed by atoms with Gasteiger partial charge in [0.05, 0.1) is 6.10 Å². The summed E-state index contributed by atoms with van der Waals surface area (Å²) in [7, 11) is 0. The van der Waals surface area contributed by atoms with Gasteiger partial charge >= 0.3 is 0 Å². The van der Waals surface area contributed by atoms with E-state index in [1.807, 2.05) is 6.07 Å². The van der Waals surface area contributed by atoms with E-state index >= 15 is 0 Å². The molecule has 1 unspecified atom stereocenters. The van der Waals surface area contributed by atoms with E-state index in [9.17, 15) is 10.2 Å². The van der Waals surface area contributed by atoms with E-state index in [0.717, 1.165) is 32.1 Å². The Morgan fingerprint density at radius 3 is 2.90 bits per heavy atom. The molecule has 106 valence electrons. The van der Waals surface area contributed by atoms with Gasteiger partial charge in [0.1, 0.15) is 5.75 Å². The Morgan fingerprint density at radius 1 is 1.20 bits per heavy atom. The van der Waals surface area contributed by atoms with Crippen LogP contribution < -0.4 is 0 Å². The molecule has 0 amide bonds. The van der Waals surface area contributed by atoms with Crippen LogP contribution in [0.1, 0.15) is 43.7 Å². The maximum Gasteiger partial charge on any atom is 0.115 e. The molecule has 0 radical (unpaired) electrons. The number of phenols is 1. The van der Waals surface area contributed by atoms with Crippen LogP contribution in [0.4, 0.5) is 0 Å². The van der Waals surface area contributed by atoms with Crippen LogP contribution in [0.25, 0.3) is 5.57 Å². The van der Waals surface area contributed by atoms with Crippen molar-refractivity contribution in [1.29, 1.82) is 0 Å². The highest BCUT2D eigenvalue weighted by atomic mass is 16.3. The molecule has 0 bridgehead atoms. The minimum absolute atomic E-state index is 0.0859. The SMILES string of the molecule is C[C@@]12CC=C3c4ccc(O)cc4CC[C@@H]3C1CC[C@H]2O. The standard InChI is InChI=1S/C18H22O2/c1-18-9-8-14-13-5-3-12(19)10-11(13)2-4-15(14)16(18)6-7-17(18)20/h3,5,8,10,15-17,19-20H,2,4,6-7,9H2,1H3/t15-,16?,17+,18+/m0/s1. The first kappa shape index (κ1) is 12.5. The Kier molecular flexibility index (Phi) is 2.56. The van der Waals surface area contributed by atoms with Gasteiger partial charge in [-0.25, -0.2) is 0 Å². The summed E-state index contributed by atoms with van der Waals surface area (Å²) in [6.45, 7) is 2.27. The number of aryl methyl sites for hydroxylation is 1. The molecule has 0 spiro atoms. The van der Waals surface area contributed by atoms with Crippen LogP contribution >= 0.6 is 0 Å². The maximum absolute atomic E-state index is 10.3. The molecule has 4 rings (SSSR count). The molecule has 1 aromatic carbocycles. The number of aliphatic hydroxyl groups is 1. The van der Waals surface area contributed by atoms with Gasteiger partial charge in [-0.05, 0) is 72.8 Å². The zero-order valence-electron chi connectivity index (χ0n) is 12.0. The molecular weight excluding hydrogens is 248 g/mol. The van der Waals surface area contributed by atoms with Crippen molar-refractivity contribution in [3.05, 3.63) is 35.4 Å². The van der Waals surface area contributed by atoms with Crippen LogP contribution in [0, 0.1) is 17.3 Å². The molecule has 0 saturated heterocycles. The first-order valence-electron chi connectivity index (χ1n) is 7.80. The number of aromatic hydroxyl groups is 1. The van der Waals surface area contributed by atoms with Crippen LogP contribution in [0.15, 0.2) is 24.3 Å². The molecule has 1 saturated carbocycles. The molecule has 3 aliphatic rings. The Labute approximate surface area is 120 Å². The van der Waals surface area contributed by atoms with E-state index < -0.39 is 0 Å². The number of hydrogen-bond acceptors (Lipinski definition) is 2. The lowest BCUT2D eigenvalue weighted by molar-refractivity contribution is 0.0251. The van der Waals surface area contributed by atoms with Gasteiger partial charge in [-0.1, -0.05) is 19.1 Å². The van der Waals surface area contributed by atoms with Crippen LogP contribution in [-0.4, -0.2) is 16.3 Å². The zero-order valence-corrected chi connectivity index (χ0v) is 12.0. The molecule has 0 heterocycles. The maximum atomic E-state index is 10.3. The summed E-state index contributed by atoms with van der Waals surface area (Å²) in [5, 5.41) is 20.0. The van der Waals surface area contributed by atoms with Crippen LogP contribution in [0.2, 0.25) is 0 Å². The largest absolute Gasteiger partial charge is 0.508 e. The van der Waals surface area contributed by atoms with Crippen molar-refractivity contribution in [2.45, 2.75) is 45.1 Å². The molecular formula is C18H22O2. The first-order chi connectivity index (χ1) is 9.59. The average Bonchev–Trinajstić information content (AvgIpc) is 2.74. The second-order valence-electron chi connectivity index (χ2n) is 7.06. The summed E-state index contributed by atoms with van der Waals surface area (Å²) in [4.78, 5) is 0. The molecule has 4 atom stereocenters. The molecule has 1 fully saturated rings. The van der Waals surface area contributed by atoms with Gasteiger partial charge in [0.25, 0.3) is 0 Å². The summed E-state index contributed by atoms with van der Waals surface area (Å²) >= 11 is 0. The molecule has 20 heavy (non-hydrogen) atoms. The third-order valence-electron chi connectivity index (χ3n) is 6.13. The van der Waals surface area contributed by atoms with Crippen molar-refractivity contribution in [3.8, 4) is 5.75 Å². The van der Waals surface area contributed by atoms with Gasteiger partial charge in [-0.15, -0.1) is 0 Å². The van der Waals surface area contributed by atoms with Crippen molar-refractivity contribution in [2.24, 2.45) is 17.3 Å². The zero-order chi connectivity index (χ0) is 13.9. The van der Waals surface area contributed by atoms with Crippen molar-refractivity contribution >= 4 is 5.57 Å². The average molecular weight is 270 g/mol. The second kappa shape index (κ2) is 4.11. The lowest BCUT2D eigenvalue weighted by Gasteiger charge is -2.45. The highest BCUT2D eigenvalue weighted by molar-refractivity contribution is 5.73. The number of hydrogen-bond donors (Lipinski definition) is 2. The molecule has 1 aromatic rings. The number of allylic oxidation sites excluding steroid dienone is 2. The van der Waals surface area contributed by atoms with Gasteiger partial charge in [-0.3, -0.25) is 0 Å². The number of phenolic OH excluding ortho intramolecular Hbond substituents is 1. The van der Waals surface area contributed by atoms with E-state index in [4.69, 9.17) is 0 Å². The monoisotopic (exact) mass is 270 g/mol. The van der Waals surface area contributed by atoms with Crippen LogP contribution in [0.3, 0.4) is 0 Å². The Balaban J connectivity index is 1.79. The summed E-state index contributed by atoms with van der Waals surface area (Å²) in [5.74, 6) is 1.60. The minimum atomic E-state index is -0.133. The fraction of sp³-hybridized carbons (Fsp3) is 0.556. The topological polar surface area (TPSA) is 40.5 Å². The van der Waals surface area contributed by atoms with Crippen molar-refractivity contribution in [3.63, 3.8) is 0 Å². The Bertz CT molecular complexity index is 589. The quantitative estimate of drug-likeness (QED) is 0.757. The smallest absolute Gasteiger partial charge is 0.115 e. The predicted molar refractivity (Wildman–Crippen MR) is 79.3 cm³/mol. The van der Waals surface area contributed by atoms with Crippen molar-refractivity contribution in [1.82, 2.24) is 0 Å². The number of fused-ring (bicyclic) bond motifs is 5. The highest BCUT2D eigenvalue weighted by Crippen LogP contribution is 2.58. The fourth-order valence-electron chi connectivity index (χ4n) is 4.94. The molecule has 2 heteroatoms. The highest BCUT2D eigenvalue weighted by Gasteiger charge is 2.51. The normalized spacial score (nSPS) is 38.7. The summed E-state index contributed by atoms with van der Waals surface area (Å²) < 4.78 is 0. The molecule has 3 aliphatic carbocycles. The van der Waals surface area contributed by atoms with Crippen molar-refractivity contribution in [2.75, 3.05) is 0 Å². The van der Waals surface area contributed by atoms with E-state index in [2.05, 4.69) is 19.1 Å². The molecule has 2 N–H and O–H groups in total. The molecule has 0 aromatic heterocycles. The minimum Gasteiger partial charge on any atom is -0.508 e. The molecule has 2 nitrogen and oxygen atoms in total. The lowest BCUT2D eigenvalue weighted by Crippen LogP contribution is -2.39. The third kappa shape index (κ3) is 1.54. The van der Waals surface area contributed by atoms with E-state index in [-0.39, 0.29) is 11.5 Å². The fourth-order valence-corrected chi connectivity index (χ4v) is 4.94. The van der Waals surface area contributed by atoms with Gasteiger partial charge in [0.2, 0.25) is 0 Å². The van der Waals surface area contributed by atoms with E-state index in [1.54, 1.807) is 6.07 Å². The number of aliphatic hydroxyl groups excluding tert-OH is 1. The second-order valence-corrected chi connectivity index (χ2v) is 7.06. The van der Waals surface area contributed by atoms with E-state index in [0.29, 0.717) is 17.6 Å². The summed E-state index contributed by atoms with van der Waals surface area (Å²) in [6, 6.07) is 5.81. The number of rotatable bonds is 0. The third-order valence-corrected chi connectivity index (χ3v) is 6.13. The Hall–Kier alpha value is -1.28.